The fourth-order valence-corrected chi connectivity index (χ4v) is 3.66. The number of fused-ring (bicyclic) bond motifs is 1. The number of aliphatic hydroxyl groups excluding tert-OH is 3. The SMILES string of the molecule is COc1cccc(O)c1-c1cc(=O)c2c(O)cc(O[C@@H]3O[C@H](C(=O)O)[C@@H](O)[C@H](O)[C@H]3O)cc2o1. The second-order valence-electron chi connectivity index (χ2n) is 7.50. The fourth-order valence-electron chi connectivity index (χ4n) is 3.66. The van der Waals surface area contributed by atoms with Crippen LogP contribution in [0, 0.1) is 0 Å². The molecule has 0 saturated carbocycles. The van der Waals surface area contributed by atoms with Crippen molar-refractivity contribution < 1.29 is 54.1 Å². The fraction of sp³-hybridized carbons (Fsp3) is 0.273. The molecule has 2 aromatic carbocycles. The molecule has 1 fully saturated rings. The zero-order valence-electron chi connectivity index (χ0n) is 17.5. The van der Waals surface area contributed by atoms with Crippen molar-refractivity contribution in [2.24, 2.45) is 0 Å². The minimum atomic E-state index is -1.91. The van der Waals surface area contributed by atoms with Crippen LogP contribution in [0.1, 0.15) is 0 Å². The van der Waals surface area contributed by atoms with Crippen LogP contribution in [0.5, 0.6) is 23.0 Å². The lowest BCUT2D eigenvalue weighted by Gasteiger charge is -2.38. The van der Waals surface area contributed by atoms with Crippen LogP contribution in [-0.2, 0) is 9.53 Å². The number of ether oxygens (including phenoxy) is 3. The number of aromatic hydroxyl groups is 2. The predicted octanol–water partition coefficient (Wildman–Crippen LogP) is 0.151. The van der Waals surface area contributed by atoms with Crippen molar-refractivity contribution in [2.45, 2.75) is 30.7 Å². The Morgan fingerprint density at radius 3 is 2.41 bits per heavy atom. The second-order valence-corrected chi connectivity index (χ2v) is 7.50. The van der Waals surface area contributed by atoms with Gasteiger partial charge in [0.2, 0.25) is 6.29 Å². The van der Waals surface area contributed by atoms with Crippen LogP contribution in [0.25, 0.3) is 22.3 Å². The number of hydrogen-bond acceptors (Lipinski definition) is 11. The van der Waals surface area contributed by atoms with Gasteiger partial charge < -0.3 is 49.3 Å². The molecule has 12 nitrogen and oxygen atoms in total. The second kappa shape index (κ2) is 8.83. The molecule has 2 heterocycles. The number of carbonyl (C=O) groups is 1. The van der Waals surface area contributed by atoms with Crippen LogP contribution in [0.3, 0.4) is 0 Å². The molecule has 34 heavy (non-hydrogen) atoms. The summed E-state index contributed by atoms with van der Waals surface area (Å²) in [6, 6.07) is 7.65. The molecule has 0 radical (unpaired) electrons. The zero-order valence-corrected chi connectivity index (χ0v) is 17.5. The molecule has 1 aliphatic rings. The molecule has 0 unspecified atom stereocenters. The first-order valence-electron chi connectivity index (χ1n) is 9.88. The summed E-state index contributed by atoms with van der Waals surface area (Å²) in [5.41, 5.74) is -0.741. The number of rotatable bonds is 5. The summed E-state index contributed by atoms with van der Waals surface area (Å²) >= 11 is 0. The molecule has 3 aromatic rings. The first-order chi connectivity index (χ1) is 16.1. The monoisotopic (exact) mass is 476 g/mol. The normalized spacial score (nSPS) is 24.6. The van der Waals surface area contributed by atoms with E-state index in [1.54, 1.807) is 0 Å². The zero-order chi connectivity index (χ0) is 24.7. The Balaban J connectivity index is 1.76. The van der Waals surface area contributed by atoms with Crippen molar-refractivity contribution in [3.63, 3.8) is 0 Å². The summed E-state index contributed by atoms with van der Waals surface area (Å²) in [7, 11) is 1.36. The van der Waals surface area contributed by atoms with Gasteiger partial charge in [-0.3, -0.25) is 4.79 Å². The third kappa shape index (κ3) is 3.99. The van der Waals surface area contributed by atoms with Gasteiger partial charge in [0.15, 0.2) is 11.5 Å². The maximum Gasteiger partial charge on any atom is 0.335 e. The Morgan fingerprint density at radius 1 is 1.00 bits per heavy atom. The Bertz CT molecular complexity index is 1300. The Labute approximate surface area is 190 Å². The molecule has 6 N–H and O–H groups in total. The number of phenols is 2. The quantitative estimate of drug-likeness (QED) is 0.292. The number of carboxylic acid groups (broad SMARTS) is 1. The third-order valence-electron chi connectivity index (χ3n) is 5.32. The molecule has 4 rings (SSSR count). The van der Waals surface area contributed by atoms with Crippen molar-refractivity contribution >= 4 is 16.9 Å². The maximum atomic E-state index is 12.7. The summed E-state index contributed by atoms with van der Waals surface area (Å²) in [6.07, 6.45) is -9.29. The van der Waals surface area contributed by atoms with Gasteiger partial charge >= 0.3 is 5.97 Å². The summed E-state index contributed by atoms with van der Waals surface area (Å²) in [5.74, 6) is -2.47. The molecule has 5 atom stereocenters. The van der Waals surface area contributed by atoms with E-state index in [9.17, 15) is 35.1 Å². The molecule has 1 aromatic heterocycles. The summed E-state index contributed by atoms with van der Waals surface area (Å²) in [6.45, 7) is 0. The molecule has 0 bridgehead atoms. The van der Waals surface area contributed by atoms with E-state index in [0.717, 1.165) is 18.2 Å². The lowest BCUT2D eigenvalue weighted by molar-refractivity contribution is -0.271. The van der Waals surface area contributed by atoms with E-state index in [-0.39, 0.29) is 39.5 Å². The van der Waals surface area contributed by atoms with Crippen LogP contribution < -0.4 is 14.9 Å². The highest BCUT2D eigenvalue weighted by Gasteiger charge is 2.48. The van der Waals surface area contributed by atoms with Gasteiger partial charge in [0.1, 0.15) is 63.6 Å². The molecule has 0 aliphatic carbocycles. The summed E-state index contributed by atoms with van der Waals surface area (Å²) in [5, 5.41) is 59.5. The van der Waals surface area contributed by atoms with E-state index < -0.39 is 47.9 Å². The van der Waals surface area contributed by atoms with Crippen molar-refractivity contribution in [3.8, 4) is 34.3 Å². The van der Waals surface area contributed by atoms with Gasteiger partial charge in [-0.05, 0) is 12.1 Å². The van der Waals surface area contributed by atoms with Crippen molar-refractivity contribution in [1.29, 1.82) is 0 Å². The molecule has 1 saturated heterocycles. The predicted molar refractivity (Wildman–Crippen MR) is 113 cm³/mol. The van der Waals surface area contributed by atoms with E-state index in [4.69, 9.17) is 23.7 Å². The van der Waals surface area contributed by atoms with Crippen molar-refractivity contribution in [1.82, 2.24) is 0 Å². The van der Waals surface area contributed by atoms with Gasteiger partial charge in [0.05, 0.1) is 7.11 Å². The van der Waals surface area contributed by atoms with Gasteiger partial charge in [0, 0.05) is 18.2 Å². The lowest BCUT2D eigenvalue weighted by Crippen LogP contribution is -2.61. The van der Waals surface area contributed by atoms with Gasteiger partial charge in [-0.1, -0.05) is 6.07 Å². The number of carboxylic acids is 1. The molecule has 0 amide bonds. The van der Waals surface area contributed by atoms with Gasteiger partial charge in [-0.25, -0.2) is 4.79 Å². The Morgan fingerprint density at radius 2 is 1.74 bits per heavy atom. The lowest BCUT2D eigenvalue weighted by atomic mass is 9.99. The van der Waals surface area contributed by atoms with E-state index in [2.05, 4.69) is 0 Å². The first kappa shape index (κ1) is 23.3. The number of benzene rings is 2. The molecule has 1 aliphatic heterocycles. The van der Waals surface area contributed by atoms with E-state index in [1.165, 1.54) is 25.3 Å². The first-order valence-corrected chi connectivity index (χ1v) is 9.88. The minimum Gasteiger partial charge on any atom is -0.507 e. The molecule has 12 heteroatoms. The highest BCUT2D eigenvalue weighted by atomic mass is 16.7. The van der Waals surface area contributed by atoms with Crippen molar-refractivity contribution in [2.75, 3.05) is 7.11 Å². The Hall–Kier alpha value is -3.84. The molecule has 0 spiro atoms. The average molecular weight is 476 g/mol. The number of aliphatic hydroxyl groups is 3. The summed E-state index contributed by atoms with van der Waals surface area (Å²) in [4.78, 5) is 24.0. The smallest absolute Gasteiger partial charge is 0.335 e. The average Bonchev–Trinajstić information content (AvgIpc) is 2.78. The summed E-state index contributed by atoms with van der Waals surface area (Å²) < 4.78 is 21.4. The highest BCUT2D eigenvalue weighted by molar-refractivity contribution is 5.87. The van der Waals surface area contributed by atoms with Crippen LogP contribution in [0.15, 0.2) is 45.6 Å². The maximum absolute atomic E-state index is 12.7. The van der Waals surface area contributed by atoms with Gasteiger partial charge in [0.25, 0.3) is 0 Å². The van der Waals surface area contributed by atoms with E-state index in [0.29, 0.717) is 0 Å². The van der Waals surface area contributed by atoms with Crippen LogP contribution in [0.2, 0.25) is 0 Å². The van der Waals surface area contributed by atoms with Crippen LogP contribution in [-0.4, -0.2) is 74.4 Å². The number of aliphatic carboxylic acids is 1. The highest BCUT2D eigenvalue weighted by Crippen LogP contribution is 2.39. The van der Waals surface area contributed by atoms with Crippen LogP contribution >= 0.6 is 0 Å². The third-order valence-corrected chi connectivity index (χ3v) is 5.32. The number of hydrogen-bond donors (Lipinski definition) is 6. The molecule has 180 valence electrons. The van der Waals surface area contributed by atoms with E-state index >= 15 is 0 Å². The molecular weight excluding hydrogens is 456 g/mol. The van der Waals surface area contributed by atoms with Gasteiger partial charge in [-0.15, -0.1) is 0 Å². The standard InChI is InChI=1S/C22H20O12/c1-31-12-4-2-3-9(23)16(12)14-7-11(25)15-10(24)5-8(6-13(15)33-14)32-22-19(28)17(26)18(27)20(34-22)21(29)30/h2-7,17-20,22-24,26-28H,1H3,(H,29,30)/t17-,18-,19+,20-,22+/m0/s1. The molecular formula is C22H20O12. The number of methoxy groups -OCH3 is 1. The Kier molecular flexibility index (Phi) is 6.06. The minimum absolute atomic E-state index is 0.0811. The van der Waals surface area contributed by atoms with E-state index in [1.807, 2.05) is 0 Å². The largest absolute Gasteiger partial charge is 0.507 e. The number of phenolic OH excluding ortho intramolecular Hbond substituents is 2. The topological polar surface area (TPSA) is 196 Å². The van der Waals surface area contributed by atoms with Crippen molar-refractivity contribution in [3.05, 3.63) is 46.6 Å². The van der Waals surface area contributed by atoms with Gasteiger partial charge in [-0.2, -0.15) is 0 Å². The van der Waals surface area contributed by atoms with Crippen LogP contribution in [0.4, 0.5) is 0 Å².